The van der Waals surface area contributed by atoms with Crippen molar-refractivity contribution in [2.45, 2.75) is 26.9 Å². The Morgan fingerprint density at radius 2 is 2.00 bits per heavy atom. The van der Waals surface area contributed by atoms with Crippen molar-refractivity contribution in [1.82, 2.24) is 14.5 Å². The van der Waals surface area contributed by atoms with Crippen LogP contribution >= 0.6 is 11.6 Å². The van der Waals surface area contributed by atoms with Gasteiger partial charge in [0.15, 0.2) is 5.78 Å². The van der Waals surface area contributed by atoms with Gasteiger partial charge in [0.2, 0.25) is 0 Å². The number of carbonyl (C=O) groups excluding carboxylic acids is 1. The summed E-state index contributed by atoms with van der Waals surface area (Å²) in [6, 6.07) is 9.47. The summed E-state index contributed by atoms with van der Waals surface area (Å²) in [4.78, 5) is 19.0. The fraction of sp³-hybridized carbons (Fsp3) is 0.300. The molecule has 0 saturated carbocycles. The van der Waals surface area contributed by atoms with Gasteiger partial charge in [0, 0.05) is 59.1 Å². The summed E-state index contributed by atoms with van der Waals surface area (Å²) in [5, 5.41) is 1.89. The number of aromatic nitrogens is 2. The smallest absolute Gasteiger partial charge is 0.182 e. The molecule has 1 aliphatic heterocycles. The summed E-state index contributed by atoms with van der Waals surface area (Å²) in [6.07, 6.45) is 4.26. The third-order valence-electron chi connectivity index (χ3n) is 4.71. The molecule has 1 aliphatic rings. The molecule has 0 N–H and O–H groups in total. The van der Waals surface area contributed by atoms with Crippen LogP contribution in [0.1, 0.15) is 29.0 Å². The molecule has 0 bridgehead atoms. The third kappa shape index (κ3) is 3.20. The van der Waals surface area contributed by atoms with E-state index in [2.05, 4.69) is 21.5 Å². The van der Waals surface area contributed by atoms with Crippen molar-refractivity contribution < 1.29 is 4.79 Å². The Kier molecular flexibility index (Phi) is 4.93. The lowest BCUT2D eigenvalue weighted by Crippen LogP contribution is -2.28. The van der Waals surface area contributed by atoms with E-state index in [1.54, 1.807) is 24.5 Å². The Morgan fingerprint density at radius 1 is 1.24 bits per heavy atom. The predicted molar refractivity (Wildman–Crippen MR) is 102 cm³/mol. The Labute approximate surface area is 153 Å². The van der Waals surface area contributed by atoms with E-state index in [0.717, 1.165) is 35.4 Å². The molecule has 1 aromatic carbocycles. The van der Waals surface area contributed by atoms with Gasteiger partial charge in [0.1, 0.15) is 0 Å². The molecule has 0 unspecified atom stereocenters. The quantitative estimate of drug-likeness (QED) is 0.661. The van der Waals surface area contributed by atoms with Crippen LogP contribution < -0.4 is 0 Å². The van der Waals surface area contributed by atoms with Gasteiger partial charge < -0.3 is 9.47 Å². The van der Waals surface area contributed by atoms with Crippen molar-refractivity contribution >= 4 is 28.3 Å². The first-order valence-electron chi connectivity index (χ1n) is 8.05. The number of hydrogen-bond acceptors (Lipinski definition) is 3. The van der Waals surface area contributed by atoms with Crippen LogP contribution in [0.3, 0.4) is 0 Å². The van der Waals surface area contributed by atoms with Crippen LogP contribution in [0.4, 0.5) is 0 Å². The normalized spacial score (nSPS) is 14.2. The molecule has 4 rings (SSSR count). The number of hydrogen-bond donors (Lipinski definition) is 0. The molecular formula is C20H22ClN3O. The second kappa shape index (κ2) is 6.98. The zero-order chi connectivity index (χ0) is 16.7. The Hall–Kier alpha value is -2.17. The first kappa shape index (κ1) is 17.6. The Bertz CT molecular complexity index is 918. The van der Waals surface area contributed by atoms with Crippen LogP contribution in [-0.2, 0) is 19.5 Å². The molecule has 4 nitrogen and oxygen atoms in total. The zero-order valence-electron chi connectivity index (χ0n) is 13.5. The lowest BCUT2D eigenvalue weighted by molar-refractivity contribution is 0.0972. The van der Waals surface area contributed by atoms with Crippen LogP contribution in [0.5, 0.6) is 0 Å². The van der Waals surface area contributed by atoms with Crippen LogP contribution in [0.15, 0.2) is 42.7 Å². The summed E-state index contributed by atoms with van der Waals surface area (Å²) in [7, 11) is 2.12. The number of Topliss-reactive ketones (excluding diaryl/α,β-unsaturated/α-hetero) is 1. The highest BCUT2D eigenvalue weighted by Gasteiger charge is 2.23. The molecule has 3 aromatic rings. The average Bonchev–Trinajstić information content (AvgIpc) is 2.88. The summed E-state index contributed by atoms with van der Waals surface area (Å²) in [5.41, 5.74) is 4.33. The number of nitrogens with zero attached hydrogens (tertiary/aromatic N) is 3. The molecule has 2 aromatic heterocycles. The number of carbonyl (C=O) groups is 1. The van der Waals surface area contributed by atoms with Crippen molar-refractivity contribution in [3.63, 3.8) is 0 Å². The van der Waals surface area contributed by atoms with Gasteiger partial charge in [-0.25, -0.2) is 0 Å². The van der Waals surface area contributed by atoms with Crippen LogP contribution in [0.2, 0.25) is 5.02 Å². The van der Waals surface area contributed by atoms with Crippen LogP contribution in [0, 0.1) is 0 Å². The third-order valence-corrected chi connectivity index (χ3v) is 4.95. The van der Waals surface area contributed by atoms with Crippen LogP contribution in [-0.4, -0.2) is 33.8 Å². The predicted octanol–water partition coefficient (Wildman–Crippen LogP) is 4.20. The molecular weight excluding hydrogens is 334 g/mol. The number of fused-ring (bicyclic) bond motifs is 3. The van der Waals surface area contributed by atoms with Gasteiger partial charge in [-0.05, 0) is 42.9 Å². The van der Waals surface area contributed by atoms with Gasteiger partial charge in [-0.3, -0.25) is 9.78 Å². The Balaban J connectivity index is 0.00000182. The van der Waals surface area contributed by atoms with Gasteiger partial charge in [0.05, 0.1) is 6.54 Å². The molecule has 5 heteroatoms. The molecule has 0 amide bonds. The largest absolute Gasteiger partial charge is 0.336 e. The number of benzene rings is 1. The zero-order valence-corrected chi connectivity index (χ0v) is 14.3. The highest BCUT2D eigenvalue weighted by Crippen LogP contribution is 2.32. The van der Waals surface area contributed by atoms with Gasteiger partial charge in [0.25, 0.3) is 0 Å². The standard InChI is InChI=1S/C19H18ClN3O.CH4/c1-22-9-6-18-16(11-22)15-10-14(20)2-3-17(15)23(18)12-19(24)13-4-7-21-8-5-13;/h2-5,7-8,10H,6,9,11-12H2,1H3;1H4. The number of halogens is 1. The first-order chi connectivity index (χ1) is 11.6. The molecule has 0 fully saturated rings. The minimum absolute atomic E-state index is 0. The van der Waals surface area contributed by atoms with Crippen molar-refractivity contribution in [3.8, 4) is 0 Å². The van der Waals surface area contributed by atoms with Gasteiger partial charge >= 0.3 is 0 Å². The SMILES string of the molecule is C.CN1CCc2c(c3cc(Cl)ccc3n2CC(=O)c2ccncc2)C1. The topological polar surface area (TPSA) is 38.1 Å². The van der Waals surface area contributed by atoms with E-state index < -0.39 is 0 Å². The molecule has 3 heterocycles. The van der Waals surface area contributed by atoms with E-state index in [4.69, 9.17) is 11.6 Å². The molecule has 0 saturated heterocycles. The highest BCUT2D eigenvalue weighted by molar-refractivity contribution is 6.31. The highest BCUT2D eigenvalue weighted by atomic mass is 35.5. The first-order valence-corrected chi connectivity index (χ1v) is 8.42. The van der Waals surface area contributed by atoms with Crippen LogP contribution in [0.25, 0.3) is 10.9 Å². The van der Waals surface area contributed by atoms with Gasteiger partial charge in [-0.2, -0.15) is 0 Å². The minimum atomic E-state index is 0. The lowest BCUT2D eigenvalue weighted by Gasteiger charge is -2.24. The maximum Gasteiger partial charge on any atom is 0.182 e. The van der Waals surface area contributed by atoms with Crippen molar-refractivity contribution in [2.75, 3.05) is 13.6 Å². The van der Waals surface area contributed by atoms with E-state index in [0.29, 0.717) is 12.1 Å². The Morgan fingerprint density at radius 3 is 2.76 bits per heavy atom. The fourth-order valence-electron chi connectivity index (χ4n) is 3.51. The molecule has 0 radical (unpaired) electrons. The molecule has 25 heavy (non-hydrogen) atoms. The molecule has 130 valence electrons. The number of rotatable bonds is 3. The van der Waals surface area contributed by atoms with Gasteiger partial charge in [-0.1, -0.05) is 19.0 Å². The van der Waals surface area contributed by atoms with Crippen molar-refractivity contribution in [1.29, 1.82) is 0 Å². The number of ketones is 1. The van der Waals surface area contributed by atoms with E-state index in [-0.39, 0.29) is 13.2 Å². The summed E-state index contributed by atoms with van der Waals surface area (Å²) in [5.74, 6) is 0.103. The maximum atomic E-state index is 12.7. The number of pyridine rings is 1. The van der Waals surface area contributed by atoms with E-state index in [1.807, 2.05) is 18.2 Å². The van der Waals surface area contributed by atoms with Crippen molar-refractivity contribution in [3.05, 3.63) is 64.6 Å². The van der Waals surface area contributed by atoms with Gasteiger partial charge in [-0.15, -0.1) is 0 Å². The van der Waals surface area contributed by atoms with E-state index >= 15 is 0 Å². The van der Waals surface area contributed by atoms with Crippen molar-refractivity contribution in [2.24, 2.45) is 0 Å². The minimum Gasteiger partial charge on any atom is -0.336 e. The average molecular weight is 356 g/mol. The summed E-state index contributed by atoms with van der Waals surface area (Å²) in [6.45, 7) is 2.24. The monoisotopic (exact) mass is 355 g/mol. The summed E-state index contributed by atoms with van der Waals surface area (Å²) < 4.78 is 2.16. The second-order valence-corrected chi connectivity index (χ2v) is 6.76. The summed E-state index contributed by atoms with van der Waals surface area (Å²) >= 11 is 6.21. The second-order valence-electron chi connectivity index (χ2n) is 6.32. The van der Waals surface area contributed by atoms with E-state index in [1.165, 1.54) is 11.3 Å². The molecule has 0 atom stereocenters. The fourth-order valence-corrected chi connectivity index (χ4v) is 3.68. The maximum absolute atomic E-state index is 12.7. The number of likely N-dealkylation sites (N-methyl/N-ethyl adjacent to an activating group) is 1. The molecule has 0 aliphatic carbocycles. The molecule has 0 spiro atoms. The lowest BCUT2D eigenvalue weighted by atomic mass is 10.1. The van der Waals surface area contributed by atoms with E-state index in [9.17, 15) is 4.79 Å².